The van der Waals surface area contributed by atoms with Crippen molar-refractivity contribution < 1.29 is 9.55 Å². The Kier molecular flexibility index (Phi) is 3.52. The highest BCUT2D eigenvalue weighted by Gasteiger charge is 2.56. The van der Waals surface area contributed by atoms with Crippen LogP contribution in [0.3, 0.4) is 0 Å². The lowest BCUT2D eigenvalue weighted by atomic mass is 9.90. The molecule has 0 fully saturated rings. The van der Waals surface area contributed by atoms with Crippen LogP contribution in [0.15, 0.2) is 29.8 Å². The highest BCUT2D eigenvalue weighted by molar-refractivity contribution is 5.99. The van der Waals surface area contributed by atoms with E-state index in [-0.39, 0.29) is 12.2 Å². The summed E-state index contributed by atoms with van der Waals surface area (Å²) in [5.74, 6) is -0.0188. The van der Waals surface area contributed by atoms with Gasteiger partial charge in [-0.2, -0.15) is 0 Å². The molecule has 112 valence electrons. The van der Waals surface area contributed by atoms with E-state index >= 15 is 0 Å². The lowest BCUT2D eigenvalue weighted by Crippen LogP contribution is -2.42. The summed E-state index contributed by atoms with van der Waals surface area (Å²) in [4.78, 5) is 24.9. The smallest absolute Gasteiger partial charge is 0.234 e. The van der Waals surface area contributed by atoms with Crippen molar-refractivity contribution in [1.29, 1.82) is 0 Å². The zero-order chi connectivity index (χ0) is 16.0. The molecule has 1 aliphatic rings. The average molecular weight is 287 g/mol. The molecule has 0 aromatic heterocycles. The molecule has 0 spiro atoms. The third-order valence-corrected chi connectivity index (χ3v) is 4.20. The molecule has 1 aromatic carbocycles. The minimum atomic E-state index is -0.795. The van der Waals surface area contributed by atoms with Gasteiger partial charge in [0.25, 0.3) is 0 Å². The Labute approximate surface area is 125 Å². The third-order valence-electron chi connectivity index (χ3n) is 4.20. The second-order valence-electron chi connectivity index (χ2n) is 6.86. The summed E-state index contributed by atoms with van der Waals surface area (Å²) in [6.45, 7) is 9.17. The van der Waals surface area contributed by atoms with Crippen molar-refractivity contribution in [3.63, 3.8) is 0 Å². The Morgan fingerprint density at radius 3 is 2.33 bits per heavy atom. The molecule has 1 aliphatic heterocycles. The number of nitrogens with zero attached hydrogens (tertiary/aromatic N) is 1. The van der Waals surface area contributed by atoms with Gasteiger partial charge in [-0.25, -0.2) is 0 Å². The van der Waals surface area contributed by atoms with Crippen LogP contribution in [0.1, 0.15) is 38.8 Å². The molecule has 2 N–H and O–H groups in total. The van der Waals surface area contributed by atoms with E-state index in [4.69, 9.17) is 5.73 Å². The number of nitroso groups, excluding NO2 is 1. The quantitative estimate of drug-likeness (QED) is 0.686. The van der Waals surface area contributed by atoms with Crippen LogP contribution in [-0.2, 0) is 11.2 Å². The summed E-state index contributed by atoms with van der Waals surface area (Å²) in [5, 5.41) is 0. The Morgan fingerprint density at radius 2 is 1.86 bits per heavy atom. The molecule has 21 heavy (non-hydrogen) atoms. The number of rotatable bonds is 3. The lowest BCUT2D eigenvalue weighted by Gasteiger charge is -2.16. The van der Waals surface area contributed by atoms with E-state index in [2.05, 4.69) is 0 Å². The molecule has 1 aromatic rings. The van der Waals surface area contributed by atoms with Crippen molar-refractivity contribution in [2.75, 3.05) is 5.73 Å². The molecule has 0 aliphatic carbocycles. The molecule has 0 bridgehead atoms. The molecule has 4 heteroatoms. The van der Waals surface area contributed by atoms with Crippen molar-refractivity contribution in [2.24, 2.45) is 0 Å². The summed E-state index contributed by atoms with van der Waals surface area (Å²) < 4.78 is 0.997. The van der Waals surface area contributed by atoms with Crippen LogP contribution in [0.2, 0.25) is 0 Å². The maximum Gasteiger partial charge on any atom is 0.234 e. The minimum Gasteiger partial charge on any atom is -0.399 e. The van der Waals surface area contributed by atoms with Gasteiger partial charge in [0.2, 0.25) is 11.1 Å². The molecule has 0 amide bonds. The van der Waals surface area contributed by atoms with Gasteiger partial charge in [0.1, 0.15) is 0 Å². The van der Waals surface area contributed by atoms with E-state index < -0.39 is 11.1 Å². The molecule has 0 atom stereocenters. The van der Waals surface area contributed by atoms with Gasteiger partial charge in [-0.05, 0) is 24.1 Å². The van der Waals surface area contributed by atoms with Crippen LogP contribution in [0, 0.1) is 11.8 Å². The molecule has 1 heterocycles. The maximum atomic E-state index is 12.6. The van der Waals surface area contributed by atoms with Gasteiger partial charge in [0.05, 0.1) is 5.57 Å². The standard InChI is InChI=1S/C17H23N2O2/c1-11-6-7-12(8-14(11)18)9-15(20)13-10-16(2,3)19(21)17(13,4)5/h6-8,10H,9,18H2,1-5H3/q+1. The molecule has 4 nitrogen and oxygen atoms in total. The highest BCUT2D eigenvalue weighted by Crippen LogP contribution is 2.36. The predicted octanol–water partition coefficient (Wildman–Crippen LogP) is 2.96. The number of benzene rings is 1. The number of Topliss-reactive ketones (excluding diaryl/α,β-unsaturated/α-hetero) is 1. The van der Waals surface area contributed by atoms with Crippen molar-refractivity contribution in [3.05, 3.63) is 45.9 Å². The van der Waals surface area contributed by atoms with Gasteiger partial charge in [-0.15, -0.1) is 0 Å². The second-order valence-corrected chi connectivity index (χ2v) is 6.86. The van der Waals surface area contributed by atoms with E-state index in [1.54, 1.807) is 19.9 Å². The largest absolute Gasteiger partial charge is 0.399 e. The van der Waals surface area contributed by atoms with Crippen LogP contribution in [0.25, 0.3) is 0 Å². The van der Waals surface area contributed by atoms with Gasteiger partial charge in [-0.1, -0.05) is 12.1 Å². The molecular weight excluding hydrogens is 264 g/mol. The Bertz CT molecular complexity index is 655. The first-order chi connectivity index (χ1) is 9.55. The molecule has 0 saturated carbocycles. The summed E-state index contributed by atoms with van der Waals surface area (Å²) >= 11 is 0. The number of anilines is 1. The number of hydrogen-bond acceptors (Lipinski definition) is 3. The Balaban J connectivity index is 2.28. The number of aryl methyl sites for hydroxylation is 1. The maximum absolute atomic E-state index is 12.6. The first-order valence-corrected chi connectivity index (χ1v) is 7.15. The predicted molar refractivity (Wildman–Crippen MR) is 84.2 cm³/mol. The fraction of sp³-hybridized carbons (Fsp3) is 0.471. The van der Waals surface area contributed by atoms with Crippen molar-refractivity contribution in [2.45, 2.75) is 52.1 Å². The summed E-state index contributed by atoms with van der Waals surface area (Å²) in [5.41, 5.74) is 7.58. The van der Waals surface area contributed by atoms with Crippen LogP contribution in [-0.4, -0.2) is 21.6 Å². The van der Waals surface area contributed by atoms with Crippen molar-refractivity contribution in [1.82, 2.24) is 0 Å². The Hall–Kier alpha value is -1.97. The fourth-order valence-corrected chi connectivity index (χ4v) is 2.92. The first kappa shape index (κ1) is 15.4. The minimum absolute atomic E-state index is 0.0188. The average Bonchev–Trinajstić information content (AvgIpc) is 2.54. The number of carbonyl (C=O) groups excluding carboxylic acids is 1. The highest BCUT2D eigenvalue weighted by atomic mass is 16.3. The van der Waals surface area contributed by atoms with Gasteiger partial charge >= 0.3 is 0 Å². The van der Waals surface area contributed by atoms with Gasteiger partial charge < -0.3 is 5.73 Å². The first-order valence-electron chi connectivity index (χ1n) is 7.15. The SMILES string of the molecule is Cc1ccc(CC(=O)C2=CC(C)(C)[N+](=O)C2(C)C)cc1N. The third kappa shape index (κ3) is 2.62. The number of nitrogens with two attached hydrogens (primary N) is 1. The number of carbonyl (C=O) groups is 1. The summed E-state index contributed by atoms with van der Waals surface area (Å²) in [7, 11) is 0. The molecule has 0 radical (unpaired) electrons. The fourth-order valence-electron chi connectivity index (χ4n) is 2.92. The van der Waals surface area contributed by atoms with Gasteiger partial charge in [0.15, 0.2) is 5.78 Å². The van der Waals surface area contributed by atoms with Crippen LogP contribution in [0.5, 0.6) is 0 Å². The van der Waals surface area contributed by atoms with Crippen LogP contribution >= 0.6 is 0 Å². The molecular formula is C17H23N2O2+. The van der Waals surface area contributed by atoms with Crippen molar-refractivity contribution in [3.8, 4) is 0 Å². The zero-order valence-electron chi connectivity index (χ0n) is 13.4. The topological polar surface area (TPSA) is 63.2 Å². The lowest BCUT2D eigenvalue weighted by molar-refractivity contribution is -0.651. The van der Waals surface area contributed by atoms with E-state index in [0.717, 1.165) is 15.9 Å². The van der Waals surface area contributed by atoms with E-state index in [9.17, 15) is 9.70 Å². The van der Waals surface area contributed by atoms with Crippen LogP contribution in [0.4, 0.5) is 5.69 Å². The monoisotopic (exact) mass is 287 g/mol. The van der Waals surface area contributed by atoms with Crippen LogP contribution < -0.4 is 5.73 Å². The van der Waals surface area contributed by atoms with E-state index in [1.165, 1.54) is 0 Å². The molecule has 2 rings (SSSR count). The zero-order valence-corrected chi connectivity index (χ0v) is 13.4. The number of nitrogen functional groups attached to an aromatic ring is 1. The van der Waals surface area contributed by atoms with Crippen molar-refractivity contribution >= 4 is 11.5 Å². The molecule has 0 saturated heterocycles. The van der Waals surface area contributed by atoms with E-state index in [1.807, 2.05) is 39.0 Å². The van der Waals surface area contributed by atoms with Gasteiger partial charge in [-0.3, -0.25) is 4.79 Å². The summed E-state index contributed by atoms with van der Waals surface area (Å²) in [6.07, 6.45) is 2.06. The number of hydrogen-bond donors (Lipinski definition) is 1. The summed E-state index contributed by atoms with van der Waals surface area (Å²) in [6, 6.07) is 5.65. The normalized spacial score (nSPS) is 19.5. The molecule has 0 unspecified atom stereocenters. The van der Waals surface area contributed by atoms with E-state index in [0.29, 0.717) is 11.3 Å². The Morgan fingerprint density at radius 1 is 1.24 bits per heavy atom. The second kappa shape index (κ2) is 4.79. The number of ketones is 1. The van der Waals surface area contributed by atoms with Gasteiger partial charge in [0, 0.05) is 55.5 Å².